The molecule has 0 amide bonds. The third-order valence-corrected chi connectivity index (χ3v) is 5.39. The second-order valence-electron chi connectivity index (χ2n) is 6.80. The van der Waals surface area contributed by atoms with E-state index in [1.165, 1.54) is 19.3 Å². The standard InChI is InChI=1S/C17H25N3O/c1-16(2)10-6-7-11-17(16)12-19-15(18)20(17)13-8-4-5-9-14(13)21-3/h4-5,8-9H,6-7,10-12H2,1-3H3,(H2,18,19). The van der Waals surface area contributed by atoms with Crippen LogP contribution in [0.25, 0.3) is 0 Å². The average Bonchev–Trinajstić information content (AvgIpc) is 2.80. The maximum Gasteiger partial charge on any atom is 0.196 e. The van der Waals surface area contributed by atoms with Crippen LogP contribution in [-0.2, 0) is 0 Å². The molecule has 1 aliphatic heterocycles. The minimum Gasteiger partial charge on any atom is -0.495 e. The second kappa shape index (κ2) is 4.93. The Morgan fingerprint density at radius 2 is 1.90 bits per heavy atom. The van der Waals surface area contributed by atoms with Crippen molar-refractivity contribution in [1.29, 1.82) is 0 Å². The maximum atomic E-state index is 6.28. The van der Waals surface area contributed by atoms with Crippen LogP contribution in [0.3, 0.4) is 0 Å². The van der Waals surface area contributed by atoms with Crippen LogP contribution >= 0.6 is 0 Å². The molecular weight excluding hydrogens is 262 g/mol. The number of aliphatic imine (C=N–C) groups is 1. The van der Waals surface area contributed by atoms with Crippen molar-refractivity contribution in [2.45, 2.75) is 45.1 Å². The Hall–Kier alpha value is -1.71. The zero-order chi connectivity index (χ0) is 15.1. The van der Waals surface area contributed by atoms with Crippen LogP contribution in [0, 0.1) is 5.41 Å². The molecule has 1 aliphatic carbocycles. The number of nitrogens with zero attached hydrogens (tertiary/aromatic N) is 2. The number of guanidine groups is 1. The fourth-order valence-electron chi connectivity index (χ4n) is 4.00. The lowest BCUT2D eigenvalue weighted by Crippen LogP contribution is -2.61. The molecule has 4 nitrogen and oxygen atoms in total. The molecule has 1 aromatic carbocycles. The molecule has 1 aromatic rings. The summed E-state index contributed by atoms with van der Waals surface area (Å²) in [5.41, 5.74) is 7.47. The molecule has 2 N–H and O–H groups in total. The van der Waals surface area contributed by atoms with E-state index in [0.29, 0.717) is 5.96 Å². The first-order valence-corrected chi connectivity index (χ1v) is 7.75. The molecule has 21 heavy (non-hydrogen) atoms. The minimum atomic E-state index is -0.0238. The van der Waals surface area contributed by atoms with E-state index in [0.717, 1.165) is 24.4 Å². The number of hydrogen-bond acceptors (Lipinski definition) is 4. The highest BCUT2D eigenvalue weighted by Gasteiger charge is 2.54. The summed E-state index contributed by atoms with van der Waals surface area (Å²) in [6.07, 6.45) is 4.86. The molecular formula is C17H25N3O. The van der Waals surface area contributed by atoms with Crippen LogP contribution in [0.2, 0.25) is 0 Å². The lowest BCUT2D eigenvalue weighted by molar-refractivity contribution is 0.115. The van der Waals surface area contributed by atoms with Gasteiger partial charge in [-0.15, -0.1) is 0 Å². The molecule has 4 heteroatoms. The molecule has 1 fully saturated rings. The first kappa shape index (κ1) is 14.2. The third kappa shape index (κ3) is 2.00. The number of para-hydroxylation sites is 2. The molecule has 1 saturated carbocycles. The number of nitrogens with two attached hydrogens (primary N) is 1. The highest BCUT2D eigenvalue weighted by atomic mass is 16.5. The third-order valence-electron chi connectivity index (χ3n) is 5.39. The summed E-state index contributed by atoms with van der Waals surface area (Å²) in [5, 5.41) is 0. The van der Waals surface area contributed by atoms with Gasteiger partial charge in [0.15, 0.2) is 5.96 Å². The Morgan fingerprint density at radius 1 is 1.19 bits per heavy atom. The van der Waals surface area contributed by atoms with E-state index < -0.39 is 0 Å². The number of hydrogen-bond donors (Lipinski definition) is 1. The predicted molar refractivity (Wildman–Crippen MR) is 86.9 cm³/mol. The Balaban J connectivity index is 2.11. The quantitative estimate of drug-likeness (QED) is 0.909. The van der Waals surface area contributed by atoms with Crippen molar-refractivity contribution < 1.29 is 4.74 Å². The summed E-state index contributed by atoms with van der Waals surface area (Å²) >= 11 is 0. The van der Waals surface area contributed by atoms with Gasteiger partial charge in [0.05, 0.1) is 24.9 Å². The first-order chi connectivity index (χ1) is 10.0. The molecule has 1 spiro atoms. The number of rotatable bonds is 2. The molecule has 0 radical (unpaired) electrons. The molecule has 3 rings (SSSR count). The minimum absolute atomic E-state index is 0.0238. The molecule has 1 heterocycles. The van der Waals surface area contributed by atoms with E-state index in [9.17, 15) is 0 Å². The SMILES string of the molecule is COc1ccccc1N1C(N)=NCC12CCCCC2(C)C. The number of anilines is 1. The van der Waals surface area contributed by atoms with E-state index in [2.05, 4.69) is 29.8 Å². The molecule has 2 aliphatic rings. The second-order valence-corrected chi connectivity index (χ2v) is 6.80. The number of ether oxygens (including phenoxy) is 1. The van der Waals surface area contributed by atoms with E-state index in [1.54, 1.807) is 7.11 Å². The Kier molecular flexibility index (Phi) is 3.34. The van der Waals surface area contributed by atoms with E-state index in [-0.39, 0.29) is 11.0 Å². The largest absolute Gasteiger partial charge is 0.495 e. The maximum absolute atomic E-state index is 6.28. The van der Waals surface area contributed by atoms with Crippen molar-refractivity contribution in [2.24, 2.45) is 16.1 Å². The molecule has 114 valence electrons. The fourth-order valence-corrected chi connectivity index (χ4v) is 4.00. The van der Waals surface area contributed by atoms with Gasteiger partial charge in [0.25, 0.3) is 0 Å². The summed E-state index contributed by atoms with van der Waals surface area (Å²) in [6.45, 7) is 5.48. The summed E-state index contributed by atoms with van der Waals surface area (Å²) in [6, 6.07) is 8.10. The van der Waals surface area contributed by atoms with E-state index in [4.69, 9.17) is 10.5 Å². The molecule has 0 bridgehead atoms. The van der Waals surface area contributed by atoms with Gasteiger partial charge in [0.2, 0.25) is 0 Å². The van der Waals surface area contributed by atoms with Crippen molar-refractivity contribution in [1.82, 2.24) is 0 Å². The molecule has 0 saturated heterocycles. The lowest BCUT2D eigenvalue weighted by Gasteiger charge is -2.53. The zero-order valence-corrected chi connectivity index (χ0v) is 13.2. The number of methoxy groups -OCH3 is 1. The van der Waals surface area contributed by atoms with Crippen molar-refractivity contribution in [2.75, 3.05) is 18.6 Å². The van der Waals surface area contributed by atoms with E-state index >= 15 is 0 Å². The van der Waals surface area contributed by atoms with Crippen LogP contribution in [0.1, 0.15) is 39.5 Å². The lowest BCUT2D eigenvalue weighted by atomic mass is 9.62. The normalized spacial score (nSPS) is 27.8. The molecule has 1 unspecified atom stereocenters. The van der Waals surface area contributed by atoms with Gasteiger partial charge in [0.1, 0.15) is 5.75 Å². The summed E-state index contributed by atoms with van der Waals surface area (Å²) in [7, 11) is 1.71. The van der Waals surface area contributed by atoms with Gasteiger partial charge < -0.3 is 15.4 Å². The van der Waals surface area contributed by atoms with Crippen molar-refractivity contribution >= 4 is 11.6 Å². The smallest absolute Gasteiger partial charge is 0.196 e. The van der Waals surface area contributed by atoms with Gasteiger partial charge in [-0.05, 0) is 30.4 Å². The van der Waals surface area contributed by atoms with Gasteiger partial charge in [-0.25, -0.2) is 0 Å². The topological polar surface area (TPSA) is 50.9 Å². The molecule has 1 atom stereocenters. The van der Waals surface area contributed by atoms with Crippen molar-refractivity contribution in [3.05, 3.63) is 24.3 Å². The van der Waals surface area contributed by atoms with Crippen molar-refractivity contribution in [3.63, 3.8) is 0 Å². The summed E-state index contributed by atoms with van der Waals surface area (Å²) < 4.78 is 5.56. The average molecular weight is 287 g/mol. The zero-order valence-electron chi connectivity index (χ0n) is 13.2. The summed E-state index contributed by atoms with van der Waals surface area (Å²) in [4.78, 5) is 6.85. The first-order valence-electron chi connectivity index (χ1n) is 7.75. The fraction of sp³-hybridized carbons (Fsp3) is 0.588. The highest BCUT2D eigenvalue weighted by Crippen LogP contribution is 2.52. The van der Waals surface area contributed by atoms with Gasteiger partial charge in [-0.3, -0.25) is 4.99 Å². The molecule has 0 aromatic heterocycles. The van der Waals surface area contributed by atoms with Gasteiger partial charge in [0, 0.05) is 0 Å². The van der Waals surface area contributed by atoms with Crippen molar-refractivity contribution in [3.8, 4) is 5.75 Å². The Morgan fingerprint density at radius 3 is 2.62 bits per heavy atom. The summed E-state index contributed by atoms with van der Waals surface area (Å²) in [5.74, 6) is 1.48. The van der Waals surface area contributed by atoms with Crippen LogP contribution in [0.5, 0.6) is 5.75 Å². The monoisotopic (exact) mass is 287 g/mol. The predicted octanol–water partition coefficient (Wildman–Crippen LogP) is 3.17. The van der Waals surface area contributed by atoms with Crippen LogP contribution < -0.4 is 15.4 Å². The van der Waals surface area contributed by atoms with Gasteiger partial charge in [-0.1, -0.05) is 38.8 Å². The van der Waals surface area contributed by atoms with Crippen LogP contribution in [0.4, 0.5) is 5.69 Å². The Bertz CT molecular complexity index is 567. The van der Waals surface area contributed by atoms with Crippen LogP contribution in [0.15, 0.2) is 29.3 Å². The Labute approximate surface area is 127 Å². The van der Waals surface area contributed by atoms with Gasteiger partial charge in [-0.2, -0.15) is 0 Å². The van der Waals surface area contributed by atoms with E-state index in [1.807, 2.05) is 18.2 Å². The van der Waals surface area contributed by atoms with Crippen LogP contribution in [-0.4, -0.2) is 25.2 Å². The number of benzene rings is 1. The highest BCUT2D eigenvalue weighted by molar-refractivity contribution is 5.99. The van der Waals surface area contributed by atoms with Gasteiger partial charge >= 0.3 is 0 Å².